The largest absolute Gasteiger partial charge is 0.366 e. The lowest BCUT2D eigenvalue weighted by Gasteiger charge is -2.22. The third-order valence-electron chi connectivity index (χ3n) is 3.97. The van der Waals surface area contributed by atoms with E-state index in [4.69, 9.17) is 11.6 Å². The summed E-state index contributed by atoms with van der Waals surface area (Å²) < 4.78 is 0. The van der Waals surface area contributed by atoms with Gasteiger partial charge in [-0.3, -0.25) is 4.79 Å². The molecule has 1 aliphatic carbocycles. The van der Waals surface area contributed by atoms with Gasteiger partial charge in [-0.1, -0.05) is 30.9 Å². The van der Waals surface area contributed by atoms with E-state index in [1.807, 2.05) is 6.07 Å². The zero-order valence-electron chi connectivity index (χ0n) is 12.8. The van der Waals surface area contributed by atoms with Crippen LogP contribution in [0.2, 0.25) is 5.02 Å². The van der Waals surface area contributed by atoms with Crippen LogP contribution in [0.15, 0.2) is 36.4 Å². The first-order valence-electron chi connectivity index (χ1n) is 7.88. The zero-order valence-corrected chi connectivity index (χ0v) is 13.5. The fraction of sp³-hybridized carbons (Fsp3) is 0.353. The summed E-state index contributed by atoms with van der Waals surface area (Å²) in [5.74, 6) is 0.949. The smallest absolute Gasteiger partial charge is 0.256 e. The van der Waals surface area contributed by atoms with Crippen molar-refractivity contribution >= 4 is 29.1 Å². The number of nitrogens with one attached hydrogen (secondary N) is 2. The van der Waals surface area contributed by atoms with Gasteiger partial charge in [-0.05, 0) is 49.2 Å². The third kappa shape index (κ3) is 4.42. The van der Waals surface area contributed by atoms with Gasteiger partial charge in [-0.2, -0.15) is 0 Å². The lowest BCUT2D eigenvalue weighted by Crippen LogP contribution is -2.23. The number of benzene rings is 1. The van der Waals surface area contributed by atoms with Gasteiger partial charge in [-0.25, -0.2) is 0 Å². The molecular weight excluding hydrogens is 312 g/mol. The fourth-order valence-corrected chi connectivity index (χ4v) is 2.85. The van der Waals surface area contributed by atoms with Crippen LogP contribution in [0.4, 0.5) is 11.6 Å². The predicted molar refractivity (Wildman–Crippen MR) is 91.9 cm³/mol. The van der Waals surface area contributed by atoms with Crippen molar-refractivity contribution in [1.82, 2.24) is 10.2 Å². The molecule has 0 bridgehead atoms. The SMILES string of the molecule is O=C(Nc1ccc(NC2CCCCC2)nn1)c1ccc(Cl)cc1. The summed E-state index contributed by atoms with van der Waals surface area (Å²) in [6, 6.07) is 10.8. The number of halogens is 1. The van der Waals surface area contributed by atoms with Crippen molar-refractivity contribution in [2.45, 2.75) is 38.1 Å². The van der Waals surface area contributed by atoms with Crippen LogP contribution >= 0.6 is 11.6 Å². The lowest BCUT2D eigenvalue weighted by atomic mass is 9.95. The maximum atomic E-state index is 12.1. The number of carbonyl (C=O) groups is 1. The van der Waals surface area contributed by atoms with Gasteiger partial charge in [0.15, 0.2) is 5.82 Å². The van der Waals surface area contributed by atoms with Crippen molar-refractivity contribution in [3.8, 4) is 0 Å². The van der Waals surface area contributed by atoms with Crippen molar-refractivity contribution in [1.29, 1.82) is 0 Å². The zero-order chi connectivity index (χ0) is 16.1. The molecule has 1 heterocycles. The van der Waals surface area contributed by atoms with Crippen molar-refractivity contribution in [3.05, 3.63) is 47.0 Å². The molecule has 0 unspecified atom stereocenters. The Labute approximate surface area is 140 Å². The second-order valence-corrected chi connectivity index (χ2v) is 6.18. The first-order chi connectivity index (χ1) is 11.2. The minimum absolute atomic E-state index is 0.232. The predicted octanol–water partition coefficient (Wildman–Crippen LogP) is 4.13. The molecule has 1 aliphatic rings. The van der Waals surface area contributed by atoms with Crippen molar-refractivity contribution in [2.75, 3.05) is 10.6 Å². The van der Waals surface area contributed by atoms with Gasteiger partial charge < -0.3 is 10.6 Å². The molecule has 23 heavy (non-hydrogen) atoms. The minimum Gasteiger partial charge on any atom is -0.366 e. The second-order valence-electron chi connectivity index (χ2n) is 5.74. The molecule has 0 saturated heterocycles. The van der Waals surface area contributed by atoms with Crippen molar-refractivity contribution < 1.29 is 4.79 Å². The average Bonchev–Trinajstić information content (AvgIpc) is 2.58. The molecule has 6 heteroatoms. The summed E-state index contributed by atoms with van der Waals surface area (Å²) in [5.41, 5.74) is 0.528. The van der Waals surface area contributed by atoms with E-state index in [-0.39, 0.29) is 5.91 Å². The van der Waals surface area contributed by atoms with Crippen molar-refractivity contribution in [3.63, 3.8) is 0 Å². The third-order valence-corrected chi connectivity index (χ3v) is 4.22. The number of aromatic nitrogens is 2. The summed E-state index contributed by atoms with van der Waals surface area (Å²) >= 11 is 5.81. The van der Waals surface area contributed by atoms with Crippen LogP contribution in [-0.2, 0) is 0 Å². The monoisotopic (exact) mass is 330 g/mol. The normalized spacial score (nSPS) is 15.2. The average molecular weight is 331 g/mol. The molecule has 1 aromatic carbocycles. The maximum Gasteiger partial charge on any atom is 0.256 e. The molecule has 1 fully saturated rings. The first kappa shape index (κ1) is 15.7. The van der Waals surface area contributed by atoms with Crippen LogP contribution in [0.25, 0.3) is 0 Å². The van der Waals surface area contributed by atoms with E-state index in [1.165, 1.54) is 32.1 Å². The Morgan fingerprint density at radius 3 is 2.26 bits per heavy atom. The highest BCUT2D eigenvalue weighted by Crippen LogP contribution is 2.20. The van der Waals surface area contributed by atoms with E-state index in [9.17, 15) is 4.79 Å². The van der Waals surface area contributed by atoms with E-state index >= 15 is 0 Å². The topological polar surface area (TPSA) is 66.9 Å². The van der Waals surface area contributed by atoms with Crippen LogP contribution in [0.5, 0.6) is 0 Å². The van der Waals surface area contributed by atoms with E-state index in [0.717, 1.165) is 5.82 Å². The second kappa shape index (κ2) is 7.42. The highest BCUT2D eigenvalue weighted by Gasteiger charge is 2.14. The Bertz CT molecular complexity index is 651. The lowest BCUT2D eigenvalue weighted by molar-refractivity contribution is 0.102. The molecule has 120 valence electrons. The molecule has 5 nitrogen and oxygen atoms in total. The molecule has 3 rings (SSSR count). The molecule has 0 spiro atoms. The summed E-state index contributed by atoms with van der Waals surface area (Å²) in [6.07, 6.45) is 6.20. The van der Waals surface area contributed by atoms with Crippen LogP contribution in [0, 0.1) is 0 Å². The van der Waals surface area contributed by atoms with E-state index in [1.54, 1.807) is 30.3 Å². The number of rotatable bonds is 4. The minimum atomic E-state index is -0.232. The number of carbonyl (C=O) groups excluding carboxylic acids is 1. The Hall–Kier alpha value is -2.14. The molecule has 0 radical (unpaired) electrons. The van der Waals surface area contributed by atoms with Crippen molar-refractivity contribution in [2.24, 2.45) is 0 Å². The molecule has 2 N–H and O–H groups in total. The van der Waals surface area contributed by atoms with Gasteiger partial charge in [-0.15, -0.1) is 10.2 Å². The van der Waals surface area contributed by atoms with E-state index < -0.39 is 0 Å². The summed E-state index contributed by atoms with van der Waals surface area (Å²) in [6.45, 7) is 0. The molecule has 1 saturated carbocycles. The van der Waals surface area contributed by atoms with Gasteiger partial charge in [0.05, 0.1) is 0 Å². The van der Waals surface area contributed by atoms with Gasteiger partial charge in [0, 0.05) is 16.6 Å². The highest BCUT2D eigenvalue weighted by atomic mass is 35.5. The summed E-state index contributed by atoms with van der Waals surface area (Å²) in [7, 11) is 0. The Morgan fingerprint density at radius 1 is 0.957 bits per heavy atom. The number of hydrogen-bond donors (Lipinski definition) is 2. The van der Waals surface area contributed by atoms with Gasteiger partial charge in [0.25, 0.3) is 5.91 Å². The van der Waals surface area contributed by atoms with Gasteiger partial charge in [0.1, 0.15) is 5.82 Å². The Morgan fingerprint density at radius 2 is 1.61 bits per heavy atom. The maximum absolute atomic E-state index is 12.1. The van der Waals surface area contributed by atoms with Crippen LogP contribution in [-0.4, -0.2) is 22.1 Å². The van der Waals surface area contributed by atoms with Crippen LogP contribution in [0.1, 0.15) is 42.5 Å². The summed E-state index contributed by atoms with van der Waals surface area (Å²) in [5, 5.41) is 14.9. The van der Waals surface area contributed by atoms with E-state index in [0.29, 0.717) is 22.4 Å². The number of nitrogens with zero attached hydrogens (tertiary/aromatic N) is 2. The van der Waals surface area contributed by atoms with Crippen LogP contribution < -0.4 is 10.6 Å². The number of amides is 1. The number of anilines is 2. The standard InChI is InChI=1S/C17H19ClN4O/c18-13-8-6-12(7-9-13)17(23)20-16-11-10-15(21-22-16)19-14-4-2-1-3-5-14/h6-11,14H,1-5H2,(H,19,21)(H,20,22,23). The fourth-order valence-electron chi connectivity index (χ4n) is 2.72. The molecule has 2 aromatic rings. The Kier molecular flexibility index (Phi) is 5.08. The molecular formula is C17H19ClN4O. The molecule has 1 aromatic heterocycles. The molecule has 0 aliphatic heterocycles. The molecule has 0 atom stereocenters. The van der Waals surface area contributed by atoms with E-state index in [2.05, 4.69) is 20.8 Å². The highest BCUT2D eigenvalue weighted by molar-refractivity contribution is 6.30. The van der Waals surface area contributed by atoms with Crippen LogP contribution in [0.3, 0.4) is 0 Å². The summed E-state index contributed by atoms with van der Waals surface area (Å²) in [4.78, 5) is 12.1. The molecule has 1 amide bonds. The first-order valence-corrected chi connectivity index (χ1v) is 8.26. The Balaban J connectivity index is 1.58. The van der Waals surface area contributed by atoms with Gasteiger partial charge >= 0.3 is 0 Å². The number of hydrogen-bond acceptors (Lipinski definition) is 4. The van der Waals surface area contributed by atoms with Gasteiger partial charge in [0.2, 0.25) is 0 Å². The quantitative estimate of drug-likeness (QED) is 0.884.